The van der Waals surface area contributed by atoms with Crippen LogP contribution in [0.4, 0.5) is 17.1 Å². The van der Waals surface area contributed by atoms with Gasteiger partial charge in [0.1, 0.15) is 5.76 Å². The van der Waals surface area contributed by atoms with Crippen molar-refractivity contribution in [2.75, 3.05) is 10.6 Å². The topological polar surface area (TPSA) is 124 Å². The van der Waals surface area contributed by atoms with Gasteiger partial charge in [-0.2, -0.15) is 0 Å². The molecule has 1 aromatic heterocycles. The molecule has 3 rings (SSSR count). The van der Waals surface area contributed by atoms with Gasteiger partial charge in [0.2, 0.25) is 0 Å². The van der Waals surface area contributed by atoms with E-state index in [4.69, 9.17) is 20.8 Å². The first-order valence-corrected chi connectivity index (χ1v) is 9.54. The highest BCUT2D eigenvalue weighted by molar-refractivity contribution is 6.34. The molecule has 9 nitrogen and oxygen atoms in total. The fourth-order valence-corrected chi connectivity index (χ4v) is 2.86. The number of nitrogens with zero attached hydrogens (tertiary/aromatic N) is 1. The number of rotatable bonds is 8. The molecule has 31 heavy (non-hydrogen) atoms. The number of anilines is 2. The van der Waals surface area contributed by atoms with Gasteiger partial charge in [-0.3, -0.25) is 14.9 Å². The summed E-state index contributed by atoms with van der Waals surface area (Å²) in [6.07, 6.45) is 0.408. The van der Waals surface area contributed by atoms with Crippen LogP contribution in [0.15, 0.2) is 65.3 Å². The molecule has 160 valence electrons. The first-order chi connectivity index (χ1) is 14.8. The van der Waals surface area contributed by atoms with Crippen molar-refractivity contribution in [1.29, 1.82) is 0 Å². The number of non-ortho nitro benzene ring substituents is 1. The average Bonchev–Trinajstić information content (AvgIpc) is 3.27. The zero-order valence-corrected chi connectivity index (χ0v) is 17.1. The lowest BCUT2D eigenvalue weighted by molar-refractivity contribution is -0.384. The van der Waals surface area contributed by atoms with Crippen molar-refractivity contribution in [2.24, 2.45) is 0 Å². The molecule has 0 aliphatic heterocycles. The van der Waals surface area contributed by atoms with Crippen molar-refractivity contribution in [3.8, 4) is 0 Å². The number of nitro benzene ring substituents is 1. The van der Waals surface area contributed by atoms with Crippen LogP contribution in [0, 0.1) is 10.1 Å². The molecule has 2 N–H and O–H groups in total. The molecule has 0 saturated carbocycles. The van der Waals surface area contributed by atoms with Gasteiger partial charge >= 0.3 is 5.97 Å². The minimum absolute atomic E-state index is 0.00597. The number of halogens is 1. The first kappa shape index (κ1) is 21.8. The van der Waals surface area contributed by atoms with E-state index in [-0.39, 0.29) is 22.0 Å². The summed E-state index contributed by atoms with van der Waals surface area (Å²) in [5.74, 6) is -0.638. The van der Waals surface area contributed by atoms with Crippen LogP contribution >= 0.6 is 11.6 Å². The molecule has 0 radical (unpaired) electrons. The summed E-state index contributed by atoms with van der Waals surface area (Å²) >= 11 is 5.98. The van der Waals surface area contributed by atoms with Crippen LogP contribution in [0.1, 0.15) is 23.0 Å². The van der Waals surface area contributed by atoms with E-state index >= 15 is 0 Å². The van der Waals surface area contributed by atoms with Gasteiger partial charge < -0.3 is 19.8 Å². The minimum atomic E-state index is -1.14. The summed E-state index contributed by atoms with van der Waals surface area (Å²) in [5, 5.41) is 16.4. The Balaban J connectivity index is 1.64. The number of amides is 1. The predicted octanol–water partition coefficient (Wildman–Crippen LogP) is 4.64. The summed E-state index contributed by atoms with van der Waals surface area (Å²) < 4.78 is 10.5. The van der Waals surface area contributed by atoms with E-state index in [9.17, 15) is 19.7 Å². The molecule has 2 aromatic carbocycles. The molecule has 1 amide bonds. The molecule has 0 fully saturated rings. The lowest BCUT2D eigenvalue weighted by atomic mass is 10.1. The number of nitro groups is 1. The Morgan fingerprint density at radius 2 is 1.94 bits per heavy atom. The van der Waals surface area contributed by atoms with Crippen LogP contribution in [0.25, 0.3) is 0 Å². The summed E-state index contributed by atoms with van der Waals surface area (Å²) in [6, 6.07) is 13.9. The van der Waals surface area contributed by atoms with Gasteiger partial charge in [0.15, 0.2) is 6.10 Å². The fourth-order valence-electron chi connectivity index (χ4n) is 2.64. The van der Waals surface area contributed by atoms with Gasteiger partial charge in [-0.25, -0.2) is 4.79 Å². The van der Waals surface area contributed by atoms with Crippen LogP contribution in [0.3, 0.4) is 0 Å². The molecule has 0 aliphatic rings. The summed E-state index contributed by atoms with van der Waals surface area (Å²) in [4.78, 5) is 35.2. The molecule has 3 aromatic rings. The Morgan fingerprint density at radius 3 is 2.61 bits per heavy atom. The monoisotopic (exact) mass is 443 g/mol. The minimum Gasteiger partial charge on any atom is -0.467 e. The number of hydrogen-bond acceptors (Lipinski definition) is 7. The standard InChI is InChI=1S/C21H18ClN3O6/c1-13(20(26)24-19-9-8-14(25(28)29)11-17(19)22)31-21(27)16-6-2-3-7-18(16)23-12-15-5-4-10-30-15/h2-11,13,23H,12H2,1H3,(H,24,26). The number of furan rings is 1. The fraction of sp³-hybridized carbons (Fsp3) is 0.143. The van der Waals surface area contributed by atoms with Gasteiger partial charge in [-0.15, -0.1) is 0 Å². The molecule has 0 bridgehead atoms. The molecule has 1 heterocycles. The Kier molecular flexibility index (Phi) is 6.88. The maximum absolute atomic E-state index is 12.6. The first-order valence-electron chi connectivity index (χ1n) is 9.16. The number of para-hydroxylation sites is 1. The Bertz CT molecular complexity index is 1100. The van der Waals surface area contributed by atoms with Crippen LogP contribution in [0.5, 0.6) is 0 Å². The number of esters is 1. The zero-order chi connectivity index (χ0) is 22.4. The summed E-state index contributed by atoms with van der Waals surface area (Å²) in [7, 11) is 0. The highest BCUT2D eigenvalue weighted by atomic mass is 35.5. The van der Waals surface area contributed by atoms with E-state index in [0.29, 0.717) is 18.0 Å². The van der Waals surface area contributed by atoms with Crippen molar-refractivity contribution in [1.82, 2.24) is 0 Å². The van der Waals surface area contributed by atoms with Gasteiger partial charge in [0, 0.05) is 17.8 Å². The smallest absolute Gasteiger partial charge is 0.341 e. The van der Waals surface area contributed by atoms with E-state index in [1.165, 1.54) is 19.1 Å². The Morgan fingerprint density at radius 1 is 1.16 bits per heavy atom. The highest BCUT2D eigenvalue weighted by Gasteiger charge is 2.22. The maximum atomic E-state index is 12.6. The van der Waals surface area contributed by atoms with Crippen molar-refractivity contribution >= 4 is 40.5 Å². The lowest BCUT2D eigenvalue weighted by Gasteiger charge is -2.16. The third-order valence-electron chi connectivity index (χ3n) is 4.25. The Labute approximate surface area is 182 Å². The quantitative estimate of drug-likeness (QED) is 0.295. The van der Waals surface area contributed by atoms with Gasteiger partial charge in [0.05, 0.1) is 34.0 Å². The molecular weight excluding hydrogens is 426 g/mol. The predicted molar refractivity (Wildman–Crippen MR) is 114 cm³/mol. The number of nitrogens with one attached hydrogen (secondary N) is 2. The van der Waals surface area contributed by atoms with Crippen molar-refractivity contribution < 1.29 is 23.7 Å². The van der Waals surface area contributed by atoms with Crippen LogP contribution in [0.2, 0.25) is 5.02 Å². The van der Waals surface area contributed by atoms with Crippen molar-refractivity contribution in [2.45, 2.75) is 19.6 Å². The van der Waals surface area contributed by atoms with Gasteiger partial charge in [0.25, 0.3) is 11.6 Å². The molecule has 0 saturated heterocycles. The molecule has 0 aliphatic carbocycles. The second-order valence-electron chi connectivity index (χ2n) is 6.44. The van der Waals surface area contributed by atoms with E-state index in [0.717, 1.165) is 6.07 Å². The largest absolute Gasteiger partial charge is 0.467 e. The highest BCUT2D eigenvalue weighted by Crippen LogP contribution is 2.27. The van der Waals surface area contributed by atoms with Crippen LogP contribution in [-0.4, -0.2) is 22.9 Å². The number of carbonyl (C=O) groups excluding carboxylic acids is 2. The number of carbonyl (C=O) groups is 2. The van der Waals surface area contributed by atoms with Crippen molar-refractivity contribution in [3.05, 3.63) is 87.3 Å². The lowest BCUT2D eigenvalue weighted by Crippen LogP contribution is -2.30. The molecular formula is C21H18ClN3O6. The molecule has 1 unspecified atom stereocenters. The third kappa shape index (κ3) is 5.61. The average molecular weight is 444 g/mol. The van der Waals surface area contributed by atoms with E-state index in [1.54, 1.807) is 42.7 Å². The normalized spacial score (nSPS) is 11.4. The van der Waals surface area contributed by atoms with E-state index in [1.807, 2.05) is 0 Å². The SMILES string of the molecule is CC(OC(=O)c1ccccc1NCc1ccco1)C(=O)Nc1ccc([N+](=O)[O-])cc1Cl. The second kappa shape index (κ2) is 9.77. The third-order valence-corrected chi connectivity index (χ3v) is 4.57. The number of hydrogen-bond donors (Lipinski definition) is 2. The molecule has 10 heteroatoms. The van der Waals surface area contributed by atoms with E-state index < -0.39 is 22.9 Å². The van der Waals surface area contributed by atoms with Crippen LogP contribution in [-0.2, 0) is 16.1 Å². The Hall–Kier alpha value is -3.85. The van der Waals surface area contributed by atoms with Gasteiger partial charge in [-0.05, 0) is 37.3 Å². The summed E-state index contributed by atoms with van der Waals surface area (Å²) in [5.41, 5.74) is 0.735. The number of ether oxygens (including phenoxy) is 1. The van der Waals surface area contributed by atoms with Crippen molar-refractivity contribution in [3.63, 3.8) is 0 Å². The zero-order valence-electron chi connectivity index (χ0n) is 16.3. The maximum Gasteiger partial charge on any atom is 0.341 e. The number of benzene rings is 2. The summed E-state index contributed by atoms with van der Waals surface area (Å²) in [6.45, 7) is 1.78. The second-order valence-corrected chi connectivity index (χ2v) is 6.84. The van der Waals surface area contributed by atoms with Gasteiger partial charge in [-0.1, -0.05) is 23.7 Å². The molecule has 1 atom stereocenters. The van der Waals surface area contributed by atoms with Crippen LogP contribution < -0.4 is 10.6 Å². The molecule has 0 spiro atoms. The van der Waals surface area contributed by atoms with E-state index in [2.05, 4.69) is 10.6 Å².